The van der Waals surface area contributed by atoms with Crippen molar-refractivity contribution in [2.45, 2.75) is 45.2 Å². The second-order valence-corrected chi connectivity index (χ2v) is 5.46. The van der Waals surface area contributed by atoms with E-state index in [9.17, 15) is 4.79 Å². The molecule has 0 saturated carbocycles. The highest BCUT2D eigenvalue weighted by molar-refractivity contribution is 5.81. The number of rotatable bonds is 8. The lowest BCUT2D eigenvalue weighted by atomic mass is 10.1. The van der Waals surface area contributed by atoms with Crippen molar-refractivity contribution in [1.82, 2.24) is 9.88 Å². The van der Waals surface area contributed by atoms with Gasteiger partial charge in [0.15, 0.2) is 0 Å². The third-order valence-corrected chi connectivity index (χ3v) is 3.76. The van der Waals surface area contributed by atoms with Gasteiger partial charge in [-0.1, -0.05) is 38.0 Å². The summed E-state index contributed by atoms with van der Waals surface area (Å²) >= 11 is 0. The number of para-hydroxylation sites is 1. The second-order valence-electron chi connectivity index (χ2n) is 5.46. The Morgan fingerprint density at radius 3 is 2.90 bits per heavy atom. The zero-order valence-electron chi connectivity index (χ0n) is 12.7. The van der Waals surface area contributed by atoms with Crippen molar-refractivity contribution >= 4 is 16.8 Å². The molecule has 0 aliphatic heterocycles. The van der Waals surface area contributed by atoms with Crippen LogP contribution in [0.1, 0.15) is 32.6 Å². The molecule has 0 unspecified atom stereocenters. The molecule has 114 valence electrons. The molecule has 0 spiro atoms. The van der Waals surface area contributed by atoms with E-state index in [2.05, 4.69) is 41.2 Å². The molecule has 0 saturated heterocycles. The topological polar surface area (TPSA) is 60.1 Å². The molecule has 1 aromatic carbocycles. The highest BCUT2D eigenvalue weighted by Gasteiger charge is 2.11. The number of amides is 1. The standard InChI is InChI=1S/C17H25N3O/c1-2-3-8-15(18)17(21)19-11-6-12-20-13-10-14-7-4-5-9-16(14)20/h4-5,7,9-10,13,15H,2-3,6,8,11-12,18H2,1H3,(H,19,21)/t15-/m0/s1. The molecule has 2 aromatic rings. The molecular formula is C17H25N3O. The number of nitrogens with zero attached hydrogens (tertiary/aromatic N) is 1. The SMILES string of the molecule is CCCC[C@H](N)C(=O)NCCCn1ccc2ccccc21. The van der Waals surface area contributed by atoms with E-state index < -0.39 is 0 Å². The van der Waals surface area contributed by atoms with Crippen molar-refractivity contribution in [2.24, 2.45) is 5.73 Å². The molecule has 0 fully saturated rings. The summed E-state index contributed by atoms with van der Waals surface area (Å²) in [4.78, 5) is 11.8. The van der Waals surface area contributed by atoms with Crippen molar-refractivity contribution in [2.75, 3.05) is 6.54 Å². The number of fused-ring (bicyclic) bond motifs is 1. The summed E-state index contributed by atoms with van der Waals surface area (Å²) in [5.41, 5.74) is 7.08. The summed E-state index contributed by atoms with van der Waals surface area (Å²) in [7, 11) is 0. The number of nitrogens with one attached hydrogen (secondary N) is 1. The minimum atomic E-state index is -0.364. The predicted molar refractivity (Wildman–Crippen MR) is 87.1 cm³/mol. The zero-order valence-corrected chi connectivity index (χ0v) is 12.7. The van der Waals surface area contributed by atoms with E-state index in [1.54, 1.807) is 0 Å². The van der Waals surface area contributed by atoms with Crippen LogP contribution in [0.5, 0.6) is 0 Å². The Morgan fingerprint density at radius 1 is 1.29 bits per heavy atom. The van der Waals surface area contributed by atoms with Crippen LogP contribution >= 0.6 is 0 Å². The van der Waals surface area contributed by atoms with Crippen molar-refractivity contribution in [3.8, 4) is 0 Å². The minimum absolute atomic E-state index is 0.0270. The molecule has 0 bridgehead atoms. The molecule has 1 aromatic heterocycles. The van der Waals surface area contributed by atoms with Crippen LogP contribution in [0.2, 0.25) is 0 Å². The molecule has 4 nitrogen and oxygen atoms in total. The Morgan fingerprint density at radius 2 is 2.10 bits per heavy atom. The average molecular weight is 287 g/mol. The van der Waals surface area contributed by atoms with Crippen LogP contribution in [-0.4, -0.2) is 23.1 Å². The van der Waals surface area contributed by atoms with E-state index in [4.69, 9.17) is 5.73 Å². The third-order valence-electron chi connectivity index (χ3n) is 3.76. The van der Waals surface area contributed by atoms with Crippen molar-refractivity contribution in [3.05, 3.63) is 36.5 Å². The van der Waals surface area contributed by atoms with Gasteiger partial charge in [0, 0.05) is 24.8 Å². The van der Waals surface area contributed by atoms with Gasteiger partial charge in [-0.25, -0.2) is 0 Å². The number of benzene rings is 1. The minimum Gasteiger partial charge on any atom is -0.355 e. The fourth-order valence-electron chi connectivity index (χ4n) is 2.48. The first-order valence-corrected chi connectivity index (χ1v) is 7.79. The highest BCUT2D eigenvalue weighted by atomic mass is 16.2. The maximum atomic E-state index is 11.8. The zero-order chi connectivity index (χ0) is 15.1. The quantitative estimate of drug-likeness (QED) is 0.733. The molecule has 0 aliphatic carbocycles. The molecule has 0 radical (unpaired) electrons. The molecule has 1 atom stereocenters. The highest BCUT2D eigenvalue weighted by Crippen LogP contribution is 2.15. The number of aryl methyl sites for hydroxylation is 1. The Balaban J connectivity index is 1.73. The monoisotopic (exact) mass is 287 g/mol. The third kappa shape index (κ3) is 4.33. The number of hydrogen-bond acceptors (Lipinski definition) is 2. The van der Waals surface area contributed by atoms with Gasteiger partial charge in [-0.3, -0.25) is 4.79 Å². The summed E-state index contributed by atoms with van der Waals surface area (Å²) in [5.74, 6) is -0.0270. The lowest BCUT2D eigenvalue weighted by Crippen LogP contribution is -2.41. The van der Waals surface area contributed by atoms with E-state index in [1.807, 2.05) is 12.1 Å². The molecular weight excluding hydrogens is 262 g/mol. The molecule has 3 N–H and O–H groups in total. The molecule has 2 rings (SSSR count). The van der Waals surface area contributed by atoms with Crippen LogP contribution in [0, 0.1) is 0 Å². The Bertz CT molecular complexity index is 576. The van der Waals surface area contributed by atoms with E-state index in [0.29, 0.717) is 6.54 Å². The van der Waals surface area contributed by atoms with Gasteiger partial charge in [-0.05, 0) is 30.4 Å². The maximum absolute atomic E-state index is 11.8. The Kier molecular flexibility index (Phi) is 5.81. The van der Waals surface area contributed by atoms with Gasteiger partial charge < -0.3 is 15.6 Å². The van der Waals surface area contributed by atoms with Gasteiger partial charge in [0.2, 0.25) is 5.91 Å². The van der Waals surface area contributed by atoms with Gasteiger partial charge >= 0.3 is 0 Å². The normalized spacial score (nSPS) is 12.5. The lowest BCUT2D eigenvalue weighted by molar-refractivity contribution is -0.122. The number of aromatic nitrogens is 1. The van der Waals surface area contributed by atoms with Crippen LogP contribution in [0.4, 0.5) is 0 Å². The summed E-state index contributed by atoms with van der Waals surface area (Å²) in [5, 5.41) is 4.18. The number of unbranched alkanes of at least 4 members (excludes halogenated alkanes) is 1. The van der Waals surface area contributed by atoms with Crippen LogP contribution in [0.25, 0.3) is 10.9 Å². The fourth-order valence-corrected chi connectivity index (χ4v) is 2.48. The summed E-state index contributed by atoms with van der Waals surface area (Å²) < 4.78 is 2.22. The van der Waals surface area contributed by atoms with E-state index >= 15 is 0 Å². The van der Waals surface area contributed by atoms with E-state index in [-0.39, 0.29) is 11.9 Å². The smallest absolute Gasteiger partial charge is 0.236 e. The van der Waals surface area contributed by atoms with Crippen molar-refractivity contribution < 1.29 is 4.79 Å². The number of carbonyl (C=O) groups excluding carboxylic acids is 1. The average Bonchev–Trinajstić information content (AvgIpc) is 2.92. The second kappa shape index (κ2) is 7.84. The summed E-state index contributed by atoms with van der Waals surface area (Å²) in [6.07, 6.45) is 5.85. The van der Waals surface area contributed by atoms with Gasteiger partial charge in [0.25, 0.3) is 0 Å². The Hall–Kier alpha value is -1.81. The first kappa shape index (κ1) is 15.6. The van der Waals surface area contributed by atoms with Crippen LogP contribution in [-0.2, 0) is 11.3 Å². The van der Waals surface area contributed by atoms with Gasteiger partial charge in [0.1, 0.15) is 0 Å². The van der Waals surface area contributed by atoms with Crippen LogP contribution in [0.15, 0.2) is 36.5 Å². The fraction of sp³-hybridized carbons (Fsp3) is 0.471. The largest absolute Gasteiger partial charge is 0.355 e. The Labute approximate surface area is 126 Å². The first-order valence-electron chi connectivity index (χ1n) is 7.79. The maximum Gasteiger partial charge on any atom is 0.236 e. The van der Waals surface area contributed by atoms with Gasteiger partial charge in [0.05, 0.1) is 6.04 Å². The van der Waals surface area contributed by atoms with Crippen LogP contribution in [0.3, 0.4) is 0 Å². The molecule has 21 heavy (non-hydrogen) atoms. The first-order chi connectivity index (χ1) is 10.2. The van der Waals surface area contributed by atoms with E-state index in [0.717, 1.165) is 32.2 Å². The number of carbonyl (C=O) groups is 1. The lowest BCUT2D eigenvalue weighted by Gasteiger charge is -2.12. The number of nitrogens with two attached hydrogens (primary N) is 1. The van der Waals surface area contributed by atoms with Gasteiger partial charge in [-0.2, -0.15) is 0 Å². The van der Waals surface area contributed by atoms with Crippen molar-refractivity contribution in [1.29, 1.82) is 0 Å². The van der Waals surface area contributed by atoms with Crippen LogP contribution < -0.4 is 11.1 Å². The predicted octanol–water partition coefficient (Wildman–Crippen LogP) is 2.67. The summed E-state index contributed by atoms with van der Waals surface area (Å²) in [6.45, 7) is 3.68. The van der Waals surface area contributed by atoms with Gasteiger partial charge in [-0.15, -0.1) is 0 Å². The molecule has 1 amide bonds. The molecule has 4 heteroatoms. The van der Waals surface area contributed by atoms with E-state index in [1.165, 1.54) is 10.9 Å². The molecule has 1 heterocycles. The molecule has 0 aliphatic rings. The number of hydrogen-bond donors (Lipinski definition) is 2. The summed E-state index contributed by atoms with van der Waals surface area (Å²) in [6, 6.07) is 10.1. The van der Waals surface area contributed by atoms with Crippen molar-refractivity contribution in [3.63, 3.8) is 0 Å².